The summed E-state index contributed by atoms with van der Waals surface area (Å²) in [5, 5.41) is 4.34. The van der Waals surface area contributed by atoms with Gasteiger partial charge in [-0.05, 0) is 11.6 Å². The third kappa shape index (κ3) is 3.39. The zero-order chi connectivity index (χ0) is 16.2. The average molecular weight is 346 g/mol. The maximum absolute atomic E-state index is 12.4. The highest BCUT2D eigenvalue weighted by atomic mass is 35.5. The molecule has 3 nitrogen and oxygen atoms in total. The van der Waals surface area contributed by atoms with Crippen LogP contribution in [0, 0.1) is 0 Å². The summed E-state index contributed by atoms with van der Waals surface area (Å²) in [7, 11) is 1.64. The van der Waals surface area contributed by atoms with Gasteiger partial charge in [0, 0.05) is 23.7 Å². The number of hydrogen-bond donors (Lipinski definition) is 1. The Bertz CT molecular complexity index is 816. The first-order chi connectivity index (χ1) is 11.2. The Balaban J connectivity index is 1.74. The number of halogens is 1. The molecule has 3 aromatic rings. The molecule has 0 spiro atoms. The molecule has 1 unspecified atom stereocenters. The summed E-state index contributed by atoms with van der Waals surface area (Å²) in [6.07, 6.45) is -0.187. The van der Waals surface area contributed by atoms with Gasteiger partial charge in [-0.25, -0.2) is 0 Å². The molecule has 1 atom stereocenters. The molecule has 3 rings (SSSR count). The standard InChI is InChI=1S/C18H16ClNO2S/c1-22-14(12-7-3-2-4-8-12)11-20-18(21)17-16(19)13-9-5-6-10-15(13)23-17/h2-10,14H,11H2,1H3,(H,20,21). The smallest absolute Gasteiger partial charge is 0.263 e. The highest BCUT2D eigenvalue weighted by Gasteiger charge is 2.18. The van der Waals surface area contributed by atoms with Gasteiger partial charge in [-0.2, -0.15) is 0 Å². The number of ether oxygens (including phenoxy) is 1. The number of rotatable bonds is 5. The number of nitrogens with one attached hydrogen (secondary N) is 1. The summed E-state index contributed by atoms with van der Waals surface area (Å²) in [5.74, 6) is -0.172. The summed E-state index contributed by atoms with van der Waals surface area (Å²) in [6.45, 7) is 0.393. The Hall–Kier alpha value is -1.88. The number of amides is 1. The Morgan fingerprint density at radius 3 is 2.57 bits per heavy atom. The van der Waals surface area contributed by atoms with Crippen molar-refractivity contribution < 1.29 is 9.53 Å². The Morgan fingerprint density at radius 2 is 1.87 bits per heavy atom. The highest BCUT2D eigenvalue weighted by Crippen LogP contribution is 2.35. The highest BCUT2D eigenvalue weighted by molar-refractivity contribution is 7.21. The van der Waals surface area contributed by atoms with Crippen molar-refractivity contribution in [2.24, 2.45) is 0 Å². The maximum atomic E-state index is 12.4. The van der Waals surface area contributed by atoms with Crippen molar-refractivity contribution in [2.45, 2.75) is 6.10 Å². The van der Waals surface area contributed by atoms with Crippen molar-refractivity contribution in [2.75, 3.05) is 13.7 Å². The number of carbonyl (C=O) groups excluding carboxylic acids is 1. The van der Waals surface area contributed by atoms with E-state index in [9.17, 15) is 4.79 Å². The lowest BCUT2D eigenvalue weighted by Crippen LogP contribution is -2.28. The van der Waals surface area contributed by atoms with Gasteiger partial charge in [0.25, 0.3) is 5.91 Å². The zero-order valence-corrected chi connectivity index (χ0v) is 14.2. The number of hydrogen-bond acceptors (Lipinski definition) is 3. The number of methoxy groups -OCH3 is 1. The fourth-order valence-corrected chi connectivity index (χ4v) is 3.86. The van der Waals surface area contributed by atoms with E-state index in [1.165, 1.54) is 11.3 Å². The Labute approximate surface area is 143 Å². The molecule has 1 N–H and O–H groups in total. The second kappa shape index (κ2) is 7.13. The van der Waals surface area contributed by atoms with Gasteiger partial charge in [0.05, 0.1) is 11.1 Å². The predicted molar refractivity (Wildman–Crippen MR) is 95.4 cm³/mol. The molecule has 0 bridgehead atoms. The van der Waals surface area contributed by atoms with Crippen LogP contribution >= 0.6 is 22.9 Å². The van der Waals surface area contributed by atoms with Crippen molar-refractivity contribution in [3.63, 3.8) is 0 Å². The predicted octanol–water partition coefficient (Wildman–Crippen LogP) is 4.67. The first kappa shape index (κ1) is 16.0. The van der Waals surface area contributed by atoms with Crippen LogP contribution in [0.25, 0.3) is 10.1 Å². The third-order valence-corrected chi connectivity index (χ3v) is 5.32. The monoisotopic (exact) mass is 345 g/mol. The Kier molecular flexibility index (Phi) is 4.96. The molecule has 0 radical (unpaired) electrons. The lowest BCUT2D eigenvalue weighted by molar-refractivity contribution is 0.0831. The van der Waals surface area contributed by atoms with Crippen LogP contribution < -0.4 is 5.32 Å². The first-order valence-corrected chi connectivity index (χ1v) is 8.43. The van der Waals surface area contributed by atoms with E-state index in [1.54, 1.807) is 7.11 Å². The van der Waals surface area contributed by atoms with Gasteiger partial charge in [0.2, 0.25) is 0 Å². The van der Waals surface area contributed by atoms with Gasteiger partial charge in [-0.1, -0.05) is 60.1 Å². The summed E-state index contributed by atoms with van der Waals surface area (Å²) in [4.78, 5) is 13.0. The molecule has 0 aliphatic heterocycles. The largest absolute Gasteiger partial charge is 0.375 e. The summed E-state index contributed by atoms with van der Waals surface area (Å²) in [6, 6.07) is 17.5. The van der Waals surface area contributed by atoms with Crippen LogP contribution in [0.4, 0.5) is 0 Å². The van der Waals surface area contributed by atoms with Crippen molar-refractivity contribution in [3.8, 4) is 0 Å². The molecule has 5 heteroatoms. The molecule has 1 heterocycles. The SMILES string of the molecule is COC(CNC(=O)c1sc2ccccc2c1Cl)c1ccccc1. The number of fused-ring (bicyclic) bond motifs is 1. The van der Waals surface area contributed by atoms with Crippen LogP contribution in [0.3, 0.4) is 0 Å². The molecule has 1 amide bonds. The van der Waals surface area contributed by atoms with Crippen molar-refractivity contribution in [1.29, 1.82) is 0 Å². The third-order valence-electron chi connectivity index (χ3n) is 3.65. The zero-order valence-electron chi connectivity index (χ0n) is 12.6. The van der Waals surface area contributed by atoms with Gasteiger partial charge in [-0.3, -0.25) is 4.79 Å². The second-order valence-corrected chi connectivity index (χ2v) is 6.52. The number of benzene rings is 2. The van der Waals surface area contributed by atoms with E-state index in [4.69, 9.17) is 16.3 Å². The molecule has 2 aromatic carbocycles. The summed E-state index contributed by atoms with van der Waals surface area (Å²) in [5.41, 5.74) is 1.03. The van der Waals surface area contributed by atoms with Gasteiger partial charge < -0.3 is 10.1 Å². The number of thiophene rings is 1. The lowest BCUT2D eigenvalue weighted by Gasteiger charge is -2.16. The van der Waals surface area contributed by atoms with E-state index < -0.39 is 0 Å². The van der Waals surface area contributed by atoms with Crippen molar-refractivity contribution >= 4 is 38.9 Å². The molecule has 1 aromatic heterocycles. The van der Waals surface area contributed by atoms with Crippen molar-refractivity contribution in [3.05, 3.63) is 70.1 Å². The van der Waals surface area contributed by atoms with Gasteiger partial charge in [0.1, 0.15) is 4.88 Å². The molecule has 118 valence electrons. The lowest BCUT2D eigenvalue weighted by atomic mass is 10.1. The molecule has 23 heavy (non-hydrogen) atoms. The quantitative estimate of drug-likeness (QED) is 0.729. The van der Waals surface area contributed by atoms with Crippen LogP contribution in [0.2, 0.25) is 5.02 Å². The first-order valence-electron chi connectivity index (χ1n) is 7.23. The molecule has 0 fully saturated rings. The minimum Gasteiger partial charge on any atom is -0.375 e. The minimum absolute atomic E-state index is 0.172. The van der Waals surface area contributed by atoms with Crippen molar-refractivity contribution in [1.82, 2.24) is 5.32 Å². The molecule has 0 aliphatic rings. The van der Waals surface area contributed by atoms with Gasteiger partial charge in [0.15, 0.2) is 0 Å². The van der Waals surface area contributed by atoms with Crippen LogP contribution in [-0.2, 0) is 4.74 Å². The maximum Gasteiger partial charge on any atom is 0.263 e. The van der Waals surface area contributed by atoms with E-state index in [1.807, 2.05) is 54.6 Å². The van der Waals surface area contributed by atoms with E-state index in [0.717, 1.165) is 15.6 Å². The van der Waals surface area contributed by atoms with Crippen LogP contribution in [0.1, 0.15) is 21.3 Å². The topological polar surface area (TPSA) is 38.3 Å². The molecule has 0 aliphatic carbocycles. The minimum atomic E-state index is -0.187. The molecular formula is C18H16ClNO2S. The molecule has 0 saturated heterocycles. The molecular weight excluding hydrogens is 330 g/mol. The average Bonchev–Trinajstić information content (AvgIpc) is 2.94. The van der Waals surface area contributed by atoms with Gasteiger partial charge in [-0.15, -0.1) is 11.3 Å². The summed E-state index contributed by atoms with van der Waals surface area (Å²) < 4.78 is 6.48. The van der Waals surface area contributed by atoms with E-state index in [0.29, 0.717) is 16.4 Å². The van der Waals surface area contributed by atoms with E-state index >= 15 is 0 Å². The van der Waals surface area contributed by atoms with Crippen LogP contribution in [0.15, 0.2) is 54.6 Å². The number of carbonyl (C=O) groups is 1. The van der Waals surface area contributed by atoms with Crippen LogP contribution in [-0.4, -0.2) is 19.6 Å². The Morgan fingerprint density at radius 1 is 1.17 bits per heavy atom. The fraction of sp³-hybridized carbons (Fsp3) is 0.167. The summed E-state index contributed by atoms with van der Waals surface area (Å²) >= 11 is 7.74. The molecule has 0 saturated carbocycles. The fourth-order valence-electron chi connectivity index (χ4n) is 2.43. The van der Waals surface area contributed by atoms with Crippen LogP contribution in [0.5, 0.6) is 0 Å². The van der Waals surface area contributed by atoms with E-state index in [2.05, 4.69) is 5.32 Å². The second-order valence-electron chi connectivity index (χ2n) is 5.09. The normalized spacial score (nSPS) is 12.3. The van der Waals surface area contributed by atoms with E-state index in [-0.39, 0.29) is 12.0 Å². The van der Waals surface area contributed by atoms with Gasteiger partial charge >= 0.3 is 0 Å².